The van der Waals surface area contributed by atoms with E-state index in [9.17, 15) is 9.59 Å². The fourth-order valence-electron chi connectivity index (χ4n) is 3.44. The van der Waals surface area contributed by atoms with Gasteiger partial charge in [-0.2, -0.15) is 5.10 Å². The fraction of sp³-hybridized carbons (Fsp3) is 0.500. The molecule has 0 N–H and O–H groups in total. The van der Waals surface area contributed by atoms with Crippen molar-refractivity contribution in [2.24, 2.45) is 0 Å². The first-order chi connectivity index (χ1) is 11.2. The molecule has 1 aromatic heterocycles. The number of piperidine rings is 1. The van der Waals surface area contributed by atoms with Gasteiger partial charge in [-0.25, -0.2) is 0 Å². The Balaban J connectivity index is 1.74. The van der Waals surface area contributed by atoms with E-state index in [1.165, 1.54) is 12.6 Å². The van der Waals surface area contributed by atoms with E-state index in [0.717, 1.165) is 31.3 Å². The number of aromatic nitrogens is 2. The van der Waals surface area contributed by atoms with Crippen LogP contribution in [0.4, 0.5) is 0 Å². The zero-order chi connectivity index (χ0) is 16.2. The number of hydrogen-bond donors (Lipinski definition) is 0. The van der Waals surface area contributed by atoms with Gasteiger partial charge in [-0.1, -0.05) is 19.1 Å². The quantitative estimate of drug-likeness (QED) is 0.872. The highest BCUT2D eigenvalue weighted by Gasteiger charge is 2.24. The molecule has 0 radical (unpaired) electrons. The van der Waals surface area contributed by atoms with Crippen LogP contribution >= 0.6 is 0 Å². The van der Waals surface area contributed by atoms with Crippen LogP contribution in [0.5, 0.6) is 0 Å². The predicted molar refractivity (Wildman–Crippen MR) is 90.3 cm³/mol. The van der Waals surface area contributed by atoms with Gasteiger partial charge in [0, 0.05) is 24.4 Å². The summed E-state index contributed by atoms with van der Waals surface area (Å²) in [6, 6.07) is 7.80. The predicted octanol–water partition coefficient (Wildman–Crippen LogP) is 2.58. The Morgan fingerprint density at radius 2 is 2.13 bits per heavy atom. The molecule has 1 aromatic carbocycles. The molecule has 0 spiro atoms. The van der Waals surface area contributed by atoms with Crippen molar-refractivity contribution in [2.45, 2.75) is 51.6 Å². The maximum absolute atomic E-state index is 12.6. The second-order valence-corrected chi connectivity index (χ2v) is 6.14. The average Bonchev–Trinajstić information content (AvgIpc) is 2.61. The number of carbonyl (C=O) groups is 1. The molecule has 5 nitrogen and oxygen atoms in total. The lowest BCUT2D eigenvalue weighted by molar-refractivity contribution is -0.135. The molecule has 122 valence electrons. The number of likely N-dealkylation sites (tertiary alicyclic amines) is 1. The molecular weight excluding hydrogens is 290 g/mol. The van der Waals surface area contributed by atoms with E-state index >= 15 is 0 Å². The van der Waals surface area contributed by atoms with E-state index in [1.807, 2.05) is 23.1 Å². The van der Waals surface area contributed by atoms with Crippen LogP contribution in [0, 0.1) is 0 Å². The number of hydrogen-bond acceptors (Lipinski definition) is 3. The van der Waals surface area contributed by atoms with Gasteiger partial charge < -0.3 is 4.90 Å². The second kappa shape index (κ2) is 6.94. The maximum Gasteiger partial charge on any atom is 0.224 e. The summed E-state index contributed by atoms with van der Waals surface area (Å²) >= 11 is 0. The van der Waals surface area contributed by atoms with Crippen LogP contribution in [0.3, 0.4) is 0 Å². The summed E-state index contributed by atoms with van der Waals surface area (Å²) in [6.07, 6.45) is 6.21. The monoisotopic (exact) mass is 313 g/mol. The zero-order valence-electron chi connectivity index (χ0n) is 13.6. The van der Waals surface area contributed by atoms with Crippen LogP contribution in [-0.2, 0) is 11.3 Å². The molecule has 1 fully saturated rings. The van der Waals surface area contributed by atoms with Crippen molar-refractivity contribution in [1.29, 1.82) is 0 Å². The van der Waals surface area contributed by atoms with Gasteiger partial charge in [0.25, 0.3) is 0 Å². The normalized spacial score (nSPS) is 18.3. The smallest absolute Gasteiger partial charge is 0.224 e. The lowest BCUT2D eigenvalue weighted by Crippen LogP contribution is -2.43. The average molecular weight is 313 g/mol. The van der Waals surface area contributed by atoms with Crippen molar-refractivity contribution in [3.05, 3.63) is 40.7 Å². The molecule has 0 bridgehead atoms. The molecule has 1 saturated heterocycles. The van der Waals surface area contributed by atoms with Gasteiger partial charge in [-0.3, -0.25) is 14.3 Å². The standard InChI is InChI=1S/C18H23N3O2/c1-2-14-7-5-6-11-20(14)18(23)10-12-21-16-9-4-3-8-15(16)17(22)13-19-21/h3-4,8-9,13-14H,2,5-7,10-12H2,1H3/t14-/m0/s1. The fourth-order valence-corrected chi connectivity index (χ4v) is 3.44. The molecule has 5 heteroatoms. The molecule has 0 aliphatic carbocycles. The highest BCUT2D eigenvalue weighted by molar-refractivity contribution is 5.79. The number of aryl methyl sites for hydroxylation is 1. The minimum absolute atomic E-state index is 0.0785. The van der Waals surface area contributed by atoms with Crippen LogP contribution in [-0.4, -0.2) is 33.2 Å². The third-order valence-electron chi connectivity index (χ3n) is 4.72. The summed E-state index contributed by atoms with van der Waals surface area (Å²) in [4.78, 5) is 26.4. The molecule has 0 saturated carbocycles. The lowest BCUT2D eigenvalue weighted by atomic mass is 9.99. The summed E-state index contributed by atoms with van der Waals surface area (Å²) in [6.45, 7) is 3.52. The van der Waals surface area contributed by atoms with Gasteiger partial charge in [0.15, 0.2) is 0 Å². The van der Waals surface area contributed by atoms with E-state index in [4.69, 9.17) is 0 Å². The third-order valence-corrected chi connectivity index (χ3v) is 4.72. The number of nitrogens with zero attached hydrogens (tertiary/aromatic N) is 3. The SMILES string of the molecule is CC[C@H]1CCCCN1C(=O)CCn1ncc(=O)c2ccccc21. The minimum Gasteiger partial charge on any atom is -0.340 e. The molecule has 1 aliphatic heterocycles. The summed E-state index contributed by atoms with van der Waals surface area (Å²) < 4.78 is 1.76. The first-order valence-electron chi connectivity index (χ1n) is 8.45. The molecule has 3 rings (SSSR count). The van der Waals surface area contributed by atoms with Crippen LogP contribution in [0.2, 0.25) is 0 Å². The third kappa shape index (κ3) is 3.28. The Hall–Kier alpha value is -2.17. The summed E-state index contributed by atoms with van der Waals surface area (Å²) in [5, 5.41) is 4.85. The highest BCUT2D eigenvalue weighted by atomic mass is 16.2. The summed E-state index contributed by atoms with van der Waals surface area (Å²) in [5.41, 5.74) is 0.712. The molecular formula is C18H23N3O2. The van der Waals surface area contributed by atoms with E-state index in [1.54, 1.807) is 10.7 Å². The van der Waals surface area contributed by atoms with Crippen molar-refractivity contribution < 1.29 is 4.79 Å². The zero-order valence-corrected chi connectivity index (χ0v) is 13.6. The van der Waals surface area contributed by atoms with Crippen molar-refractivity contribution in [3.63, 3.8) is 0 Å². The summed E-state index contributed by atoms with van der Waals surface area (Å²) in [7, 11) is 0. The number of benzene rings is 1. The number of carbonyl (C=O) groups excluding carboxylic acids is 1. The van der Waals surface area contributed by atoms with Gasteiger partial charge in [0.1, 0.15) is 0 Å². The Labute approximate surface area is 135 Å². The largest absolute Gasteiger partial charge is 0.340 e. The van der Waals surface area contributed by atoms with Crippen molar-refractivity contribution >= 4 is 16.8 Å². The lowest BCUT2D eigenvalue weighted by Gasteiger charge is -2.35. The van der Waals surface area contributed by atoms with Crippen LogP contribution in [0.1, 0.15) is 39.0 Å². The molecule has 2 heterocycles. The van der Waals surface area contributed by atoms with E-state index < -0.39 is 0 Å². The van der Waals surface area contributed by atoms with Gasteiger partial charge in [0.05, 0.1) is 18.3 Å². The van der Waals surface area contributed by atoms with Crippen molar-refractivity contribution in [2.75, 3.05) is 6.54 Å². The number of fused-ring (bicyclic) bond motifs is 1. The van der Waals surface area contributed by atoms with Crippen LogP contribution < -0.4 is 5.43 Å². The molecule has 1 amide bonds. The Kier molecular flexibility index (Phi) is 4.74. The number of para-hydroxylation sites is 1. The van der Waals surface area contributed by atoms with Gasteiger partial charge >= 0.3 is 0 Å². The van der Waals surface area contributed by atoms with Gasteiger partial charge in [0.2, 0.25) is 11.3 Å². The Bertz CT molecular complexity index is 753. The second-order valence-electron chi connectivity index (χ2n) is 6.14. The van der Waals surface area contributed by atoms with Crippen LogP contribution in [0.25, 0.3) is 10.9 Å². The molecule has 2 aromatic rings. The van der Waals surface area contributed by atoms with E-state index in [-0.39, 0.29) is 11.3 Å². The molecule has 1 aliphatic rings. The highest BCUT2D eigenvalue weighted by Crippen LogP contribution is 2.20. The molecule has 1 atom stereocenters. The Morgan fingerprint density at radius 3 is 2.96 bits per heavy atom. The van der Waals surface area contributed by atoms with Gasteiger partial charge in [-0.05, 0) is 37.8 Å². The number of amides is 1. The number of rotatable bonds is 4. The minimum atomic E-state index is -0.0785. The maximum atomic E-state index is 12.6. The topological polar surface area (TPSA) is 55.2 Å². The van der Waals surface area contributed by atoms with Gasteiger partial charge in [-0.15, -0.1) is 0 Å². The van der Waals surface area contributed by atoms with E-state index in [0.29, 0.717) is 24.4 Å². The Morgan fingerprint density at radius 1 is 1.30 bits per heavy atom. The van der Waals surface area contributed by atoms with Crippen molar-refractivity contribution in [1.82, 2.24) is 14.7 Å². The van der Waals surface area contributed by atoms with Crippen LogP contribution in [0.15, 0.2) is 35.3 Å². The first-order valence-corrected chi connectivity index (χ1v) is 8.45. The molecule has 23 heavy (non-hydrogen) atoms. The van der Waals surface area contributed by atoms with Crippen molar-refractivity contribution in [3.8, 4) is 0 Å². The van der Waals surface area contributed by atoms with E-state index in [2.05, 4.69) is 12.0 Å². The summed E-state index contributed by atoms with van der Waals surface area (Å²) in [5.74, 6) is 0.195. The first kappa shape index (κ1) is 15.7. The molecule has 0 unspecified atom stereocenters.